The number of aliphatic hydroxyl groups is 1. The molecule has 1 atom stereocenters. The van der Waals surface area contributed by atoms with E-state index in [1.165, 1.54) is 6.42 Å². The molecule has 0 aromatic rings. The van der Waals surface area contributed by atoms with Gasteiger partial charge in [0.2, 0.25) is 0 Å². The molecule has 0 saturated heterocycles. The fraction of sp³-hybridized carbons (Fsp3) is 1.00. The largest absolute Gasteiger partial charge is 0.395 e. The van der Waals surface area contributed by atoms with Gasteiger partial charge in [-0.25, -0.2) is 0 Å². The highest BCUT2D eigenvalue weighted by atomic mass is 16.3. The van der Waals surface area contributed by atoms with Crippen molar-refractivity contribution in [3.8, 4) is 0 Å². The zero-order valence-electron chi connectivity index (χ0n) is 8.27. The summed E-state index contributed by atoms with van der Waals surface area (Å²) in [4.78, 5) is 0. The Hall–Kier alpha value is -0.120. The highest BCUT2D eigenvalue weighted by Crippen LogP contribution is 1.86. The Bertz CT molecular complexity index is 84.6. The summed E-state index contributed by atoms with van der Waals surface area (Å²) < 4.78 is 0. The van der Waals surface area contributed by atoms with Crippen LogP contribution in [0.5, 0.6) is 0 Å². The molecule has 3 heteroatoms. The smallest absolute Gasteiger partial charge is 0.0584 e. The third-order valence-corrected chi connectivity index (χ3v) is 1.87. The fourth-order valence-corrected chi connectivity index (χ4v) is 1.00. The number of hydrogen-bond acceptors (Lipinski definition) is 3. The molecule has 0 spiro atoms. The fourth-order valence-electron chi connectivity index (χ4n) is 1.00. The van der Waals surface area contributed by atoms with Crippen molar-refractivity contribution in [2.45, 2.75) is 32.7 Å². The number of nitrogens with one attached hydrogen (secondary N) is 2. The van der Waals surface area contributed by atoms with Crippen molar-refractivity contribution in [1.82, 2.24) is 10.6 Å². The number of hydrogen-bond donors (Lipinski definition) is 3. The number of rotatable bonds is 8. The van der Waals surface area contributed by atoms with Gasteiger partial charge >= 0.3 is 0 Å². The molecule has 3 N–H and O–H groups in total. The summed E-state index contributed by atoms with van der Waals surface area (Å²) in [5, 5.41) is 15.4. The van der Waals surface area contributed by atoms with Crippen LogP contribution < -0.4 is 10.6 Å². The van der Waals surface area contributed by atoms with Crippen molar-refractivity contribution >= 4 is 0 Å². The first-order valence-electron chi connectivity index (χ1n) is 4.90. The average Bonchev–Trinajstić information content (AvgIpc) is 2.11. The van der Waals surface area contributed by atoms with Crippen molar-refractivity contribution in [1.29, 1.82) is 0 Å². The second kappa shape index (κ2) is 8.97. The van der Waals surface area contributed by atoms with Crippen LogP contribution in [0.4, 0.5) is 0 Å². The zero-order valence-corrected chi connectivity index (χ0v) is 8.27. The summed E-state index contributed by atoms with van der Waals surface area (Å²) in [5.41, 5.74) is 0. The van der Waals surface area contributed by atoms with Gasteiger partial charge in [-0.15, -0.1) is 0 Å². The van der Waals surface area contributed by atoms with E-state index in [4.69, 9.17) is 5.11 Å². The van der Waals surface area contributed by atoms with E-state index in [0.29, 0.717) is 0 Å². The van der Waals surface area contributed by atoms with Gasteiger partial charge in [0.15, 0.2) is 0 Å². The molecule has 0 amide bonds. The van der Waals surface area contributed by atoms with E-state index in [2.05, 4.69) is 24.5 Å². The first kappa shape index (κ1) is 11.9. The molecular formula is C9H22N2O. The Labute approximate surface area is 75.6 Å². The van der Waals surface area contributed by atoms with Crippen LogP contribution in [0.15, 0.2) is 0 Å². The van der Waals surface area contributed by atoms with Crippen LogP contribution in [0.3, 0.4) is 0 Å². The third-order valence-electron chi connectivity index (χ3n) is 1.87. The molecule has 0 saturated carbocycles. The van der Waals surface area contributed by atoms with Crippen LogP contribution in [0.2, 0.25) is 0 Å². The van der Waals surface area contributed by atoms with E-state index >= 15 is 0 Å². The van der Waals surface area contributed by atoms with E-state index < -0.39 is 0 Å². The first-order chi connectivity index (χ1) is 5.85. The summed E-state index contributed by atoms with van der Waals surface area (Å²) in [6, 6.07) is 0.272. The topological polar surface area (TPSA) is 44.3 Å². The van der Waals surface area contributed by atoms with Gasteiger partial charge < -0.3 is 15.7 Å². The molecule has 0 fully saturated rings. The number of aliphatic hydroxyl groups excluding tert-OH is 1. The molecule has 0 aliphatic rings. The van der Waals surface area contributed by atoms with E-state index in [0.717, 1.165) is 26.1 Å². The summed E-state index contributed by atoms with van der Waals surface area (Å²) in [6.07, 6.45) is 2.17. The lowest BCUT2D eigenvalue weighted by atomic mass is 10.2. The Morgan fingerprint density at radius 3 is 2.42 bits per heavy atom. The average molecular weight is 174 g/mol. The maximum absolute atomic E-state index is 8.85. The Balaban J connectivity index is 3.06. The highest BCUT2D eigenvalue weighted by molar-refractivity contribution is 4.63. The van der Waals surface area contributed by atoms with Crippen LogP contribution in [0.1, 0.15) is 26.7 Å². The molecular weight excluding hydrogens is 152 g/mol. The summed E-state index contributed by atoms with van der Waals surface area (Å²) in [7, 11) is 0. The molecule has 0 aliphatic heterocycles. The third kappa shape index (κ3) is 6.58. The second-order valence-electron chi connectivity index (χ2n) is 2.99. The molecule has 0 rings (SSSR count). The predicted molar refractivity (Wildman–Crippen MR) is 52.3 cm³/mol. The molecule has 74 valence electrons. The summed E-state index contributed by atoms with van der Waals surface area (Å²) >= 11 is 0. The van der Waals surface area contributed by atoms with Gasteiger partial charge in [0.1, 0.15) is 0 Å². The first-order valence-corrected chi connectivity index (χ1v) is 4.90. The maximum Gasteiger partial charge on any atom is 0.0584 e. The van der Waals surface area contributed by atoms with Crippen molar-refractivity contribution in [3.05, 3.63) is 0 Å². The lowest BCUT2D eigenvalue weighted by Crippen LogP contribution is -2.37. The van der Waals surface area contributed by atoms with Crippen molar-refractivity contribution in [2.75, 3.05) is 26.2 Å². The SMILES string of the molecule is CCCNCCNC(CC)CO. The second-order valence-corrected chi connectivity index (χ2v) is 2.99. The van der Waals surface area contributed by atoms with Crippen LogP contribution in [0.25, 0.3) is 0 Å². The zero-order chi connectivity index (χ0) is 9.23. The molecule has 0 bridgehead atoms. The van der Waals surface area contributed by atoms with Crippen molar-refractivity contribution in [2.24, 2.45) is 0 Å². The van der Waals surface area contributed by atoms with Gasteiger partial charge in [-0.05, 0) is 19.4 Å². The Kier molecular flexibility index (Phi) is 8.88. The minimum atomic E-state index is 0.240. The molecule has 0 heterocycles. The molecule has 3 nitrogen and oxygen atoms in total. The normalized spacial score (nSPS) is 13.2. The Morgan fingerprint density at radius 1 is 1.17 bits per heavy atom. The van der Waals surface area contributed by atoms with Crippen LogP contribution in [-0.4, -0.2) is 37.4 Å². The van der Waals surface area contributed by atoms with E-state index in [1.807, 2.05) is 0 Å². The maximum atomic E-state index is 8.85. The minimum Gasteiger partial charge on any atom is -0.395 e. The lowest BCUT2D eigenvalue weighted by molar-refractivity contribution is 0.239. The quantitative estimate of drug-likeness (QED) is 0.465. The van der Waals surface area contributed by atoms with Gasteiger partial charge in [-0.2, -0.15) is 0 Å². The van der Waals surface area contributed by atoms with Crippen LogP contribution in [-0.2, 0) is 0 Å². The standard InChI is InChI=1S/C9H22N2O/c1-3-5-10-6-7-11-9(4-2)8-12/h9-12H,3-8H2,1-2H3. The highest BCUT2D eigenvalue weighted by Gasteiger charge is 2.00. The van der Waals surface area contributed by atoms with Crippen molar-refractivity contribution in [3.63, 3.8) is 0 Å². The summed E-state index contributed by atoms with van der Waals surface area (Å²) in [5.74, 6) is 0. The molecule has 0 aliphatic carbocycles. The van der Waals surface area contributed by atoms with Gasteiger partial charge in [-0.1, -0.05) is 13.8 Å². The van der Waals surface area contributed by atoms with Gasteiger partial charge in [0.25, 0.3) is 0 Å². The van der Waals surface area contributed by atoms with E-state index in [1.54, 1.807) is 0 Å². The van der Waals surface area contributed by atoms with Crippen LogP contribution in [0, 0.1) is 0 Å². The molecule has 12 heavy (non-hydrogen) atoms. The minimum absolute atomic E-state index is 0.240. The predicted octanol–water partition coefficient (Wildman–Crippen LogP) is 0.346. The Morgan fingerprint density at radius 2 is 1.92 bits per heavy atom. The van der Waals surface area contributed by atoms with Crippen LogP contribution >= 0.6 is 0 Å². The van der Waals surface area contributed by atoms with E-state index in [-0.39, 0.29) is 12.6 Å². The summed E-state index contributed by atoms with van der Waals surface area (Å²) in [6.45, 7) is 7.49. The van der Waals surface area contributed by atoms with Crippen molar-refractivity contribution < 1.29 is 5.11 Å². The van der Waals surface area contributed by atoms with Gasteiger partial charge in [0, 0.05) is 19.1 Å². The molecule has 1 unspecified atom stereocenters. The molecule has 0 aromatic carbocycles. The van der Waals surface area contributed by atoms with Gasteiger partial charge in [-0.3, -0.25) is 0 Å². The molecule has 0 aromatic heterocycles. The molecule has 0 radical (unpaired) electrons. The van der Waals surface area contributed by atoms with Gasteiger partial charge in [0.05, 0.1) is 6.61 Å². The van der Waals surface area contributed by atoms with E-state index in [9.17, 15) is 0 Å². The monoisotopic (exact) mass is 174 g/mol. The lowest BCUT2D eigenvalue weighted by Gasteiger charge is -2.13.